The highest BCUT2D eigenvalue weighted by molar-refractivity contribution is 6.39. The number of hydrogen-bond acceptors (Lipinski definition) is 7. The van der Waals surface area contributed by atoms with Gasteiger partial charge in [-0.3, -0.25) is 14.6 Å². The van der Waals surface area contributed by atoms with Gasteiger partial charge in [-0.15, -0.1) is 0 Å². The summed E-state index contributed by atoms with van der Waals surface area (Å²) in [5.74, 6) is -0.363. The zero-order valence-electron chi connectivity index (χ0n) is 22.4. The Balaban J connectivity index is 1.50. The van der Waals surface area contributed by atoms with Crippen LogP contribution in [0, 0.1) is 18.7 Å². The maximum atomic E-state index is 14.9. The molecule has 9 nitrogen and oxygen atoms in total. The van der Waals surface area contributed by atoms with Crippen molar-refractivity contribution in [3.8, 4) is 23.0 Å². The Bertz CT molecular complexity index is 1230. The smallest absolute Gasteiger partial charge is 0.313 e. The quantitative estimate of drug-likeness (QED) is 0.504. The van der Waals surface area contributed by atoms with Gasteiger partial charge in [-0.05, 0) is 81.9 Å². The molecule has 1 aromatic carbocycles. The van der Waals surface area contributed by atoms with Crippen molar-refractivity contribution in [2.45, 2.75) is 32.6 Å². The molecule has 0 unspecified atom stereocenters. The van der Waals surface area contributed by atoms with Crippen LogP contribution in [0.15, 0.2) is 48.7 Å². The van der Waals surface area contributed by atoms with Crippen LogP contribution in [-0.2, 0) is 9.59 Å². The van der Waals surface area contributed by atoms with Crippen LogP contribution in [0.2, 0.25) is 0 Å². The standard InChI is InChI=1S/C29H35FN4O5/c1-20-17-27(38-19-21-9-12-31-13-10-21)26(37-2)8-6-23(11-14-32-20)39-25-7-5-22(18-24(25)30)33-28(35)29(36)34-15-3-4-16-34/h5-8,11,14,17-18,21,31H,3-4,9-10,12-13,15-16,19H2,1-2H3,(H,33,35). The van der Waals surface area contributed by atoms with Crippen LogP contribution in [0.1, 0.15) is 31.4 Å². The van der Waals surface area contributed by atoms with Crippen molar-refractivity contribution in [2.75, 3.05) is 45.2 Å². The molecule has 2 aliphatic heterocycles. The number of amides is 2. The third kappa shape index (κ3) is 8.03. The highest BCUT2D eigenvalue weighted by Gasteiger charge is 2.24. The van der Waals surface area contributed by atoms with Gasteiger partial charge in [-0.25, -0.2) is 4.39 Å². The van der Waals surface area contributed by atoms with Gasteiger partial charge in [0.25, 0.3) is 0 Å². The molecule has 2 N–H and O–H groups in total. The number of ether oxygens (including phenoxy) is 3. The lowest BCUT2D eigenvalue weighted by Gasteiger charge is -2.23. The first-order valence-electron chi connectivity index (χ1n) is 13.2. The van der Waals surface area contributed by atoms with Gasteiger partial charge < -0.3 is 29.7 Å². The number of likely N-dealkylation sites (tertiary alicyclic amines) is 1. The second-order valence-corrected chi connectivity index (χ2v) is 9.60. The van der Waals surface area contributed by atoms with Gasteiger partial charge in [0.2, 0.25) is 0 Å². The minimum atomic E-state index is -0.792. The topological polar surface area (TPSA) is 102 Å². The summed E-state index contributed by atoms with van der Waals surface area (Å²) in [4.78, 5) is 30.4. The number of benzene rings is 1. The van der Waals surface area contributed by atoms with Crippen LogP contribution in [0.5, 0.6) is 23.0 Å². The molecular formula is C29H35FN4O5. The van der Waals surface area contributed by atoms with Crippen LogP contribution >= 0.6 is 0 Å². The van der Waals surface area contributed by atoms with Gasteiger partial charge in [0.1, 0.15) is 5.75 Å². The summed E-state index contributed by atoms with van der Waals surface area (Å²) in [7, 11) is 1.55. The van der Waals surface area contributed by atoms with Crippen LogP contribution in [0.3, 0.4) is 0 Å². The minimum absolute atomic E-state index is 0.0576. The van der Waals surface area contributed by atoms with Crippen LogP contribution in [-0.4, -0.2) is 61.6 Å². The largest absolute Gasteiger partial charge is 0.493 e. The lowest BCUT2D eigenvalue weighted by atomic mass is 9.99. The van der Waals surface area contributed by atoms with Gasteiger partial charge in [0.05, 0.1) is 13.7 Å². The van der Waals surface area contributed by atoms with E-state index in [4.69, 9.17) is 14.2 Å². The third-order valence-corrected chi connectivity index (χ3v) is 6.66. The molecule has 0 aliphatic carbocycles. The van der Waals surface area contributed by atoms with Crippen molar-refractivity contribution < 1.29 is 28.2 Å². The molecule has 208 valence electrons. The molecule has 2 amide bonds. The van der Waals surface area contributed by atoms with Crippen LogP contribution in [0.25, 0.3) is 0 Å². The molecule has 3 heterocycles. The second-order valence-electron chi connectivity index (χ2n) is 9.60. The molecule has 0 bridgehead atoms. The van der Waals surface area contributed by atoms with Crippen molar-refractivity contribution in [1.29, 1.82) is 0 Å². The molecule has 2 fully saturated rings. The zero-order valence-corrected chi connectivity index (χ0v) is 22.4. The van der Waals surface area contributed by atoms with Gasteiger partial charge in [0, 0.05) is 42.8 Å². The molecule has 0 spiro atoms. The summed E-state index contributed by atoms with van der Waals surface area (Å²) < 4.78 is 32.4. The number of anilines is 1. The van der Waals surface area contributed by atoms with Gasteiger partial charge in [0.15, 0.2) is 23.1 Å². The molecule has 2 aromatic rings. The Kier molecular flexibility index (Phi) is 9.91. The monoisotopic (exact) mass is 538 g/mol. The molecule has 10 heteroatoms. The lowest BCUT2D eigenvalue weighted by Crippen LogP contribution is -2.37. The van der Waals surface area contributed by atoms with Gasteiger partial charge >= 0.3 is 11.8 Å². The number of rotatable bonds is 7. The highest BCUT2D eigenvalue weighted by Crippen LogP contribution is 2.30. The number of methoxy groups -OCH3 is 1. The average Bonchev–Trinajstić information content (AvgIpc) is 3.48. The number of hydrogen-bond donors (Lipinski definition) is 2. The number of carbonyl (C=O) groups excluding carboxylic acids is 2. The van der Waals surface area contributed by atoms with Crippen molar-refractivity contribution in [2.24, 2.45) is 5.92 Å². The summed E-state index contributed by atoms with van der Waals surface area (Å²) in [5, 5.41) is 5.81. The van der Waals surface area contributed by atoms with Crippen molar-refractivity contribution in [3.63, 3.8) is 0 Å². The molecule has 0 atom stereocenters. The van der Waals surface area contributed by atoms with Gasteiger partial charge in [-0.1, -0.05) is 0 Å². The molecule has 0 saturated carbocycles. The van der Waals surface area contributed by atoms with E-state index < -0.39 is 17.6 Å². The molecule has 2 saturated heterocycles. The summed E-state index contributed by atoms with van der Waals surface area (Å²) in [6, 6.07) is 10.7. The van der Waals surface area contributed by atoms with E-state index in [0.717, 1.165) is 44.8 Å². The zero-order chi connectivity index (χ0) is 27.6. The van der Waals surface area contributed by atoms with Crippen molar-refractivity contribution in [1.82, 2.24) is 15.2 Å². The Morgan fingerprint density at radius 3 is 2.51 bits per heavy atom. The number of carbonyl (C=O) groups is 2. The summed E-state index contributed by atoms with van der Waals surface area (Å²) in [6.07, 6.45) is 5.41. The number of halogens is 1. The SMILES string of the molecule is COc1ccc(Oc2ccc(NC(=O)C(=O)N3CCCC3)cc2F)ccnc(C)cc1OCC1CCNCC1. The predicted octanol–water partition coefficient (Wildman–Crippen LogP) is 4.39. The molecule has 4 rings (SSSR count). The van der Waals surface area contributed by atoms with Crippen molar-refractivity contribution >= 4 is 17.5 Å². The fourth-order valence-electron chi connectivity index (χ4n) is 4.46. The normalized spacial score (nSPS) is 15.3. The molecule has 1 aromatic heterocycles. The second kappa shape index (κ2) is 13.7. The number of aryl methyl sites for hydroxylation is 1. The van der Waals surface area contributed by atoms with Crippen LogP contribution in [0.4, 0.5) is 10.1 Å². The summed E-state index contributed by atoms with van der Waals surface area (Å²) in [5.41, 5.74) is 0.862. The molecular weight excluding hydrogens is 503 g/mol. The maximum absolute atomic E-state index is 14.9. The Labute approximate surface area is 228 Å². The van der Waals surface area contributed by atoms with E-state index in [1.807, 2.05) is 13.0 Å². The molecule has 39 heavy (non-hydrogen) atoms. The van der Waals surface area contributed by atoms with E-state index >= 15 is 0 Å². The molecule has 2 aliphatic rings. The average molecular weight is 539 g/mol. The molecule has 0 radical (unpaired) electrons. The Hall–Kier alpha value is -3.92. The number of piperidine rings is 1. The number of aromatic nitrogens is 1. The summed E-state index contributed by atoms with van der Waals surface area (Å²) in [6.45, 7) is 5.49. The van der Waals surface area contributed by atoms with Crippen molar-refractivity contribution in [3.05, 3.63) is 60.2 Å². The predicted molar refractivity (Wildman–Crippen MR) is 145 cm³/mol. The van der Waals surface area contributed by atoms with E-state index in [1.165, 1.54) is 17.0 Å². The van der Waals surface area contributed by atoms with E-state index in [2.05, 4.69) is 15.6 Å². The maximum Gasteiger partial charge on any atom is 0.313 e. The fourth-order valence-corrected chi connectivity index (χ4v) is 4.46. The van der Waals surface area contributed by atoms with Crippen LogP contribution < -0.4 is 24.8 Å². The van der Waals surface area contributed by atoms with Gasteiger partial charge in [-0.2, -0.15) is 0 Å². The lowest BCUT2D eigenvalue weighted by molar-refractivity contribution is -0.142. The first kappa shape index (κ1) is 28.1. The Morgan fingerprint density at radius 1 is 1.05 bits per heavy atom. The van der Waals surface area contributed by atoms with E-state index in [1.54, 1.807) is 31.5 Å². The fraction of sp³-hybridized carbons (Fsp3) is 0.414. The third-order valence-electron chi connectivity index (χ3n) is 6.66. The van der Waals surface area contributed by atoms with E-state index in [0.29, 0.717) is 48.6 Å². The first-order valence-corrected chi connectivity index (χ1v) is 13.2. The minimum Gasteiger partial charge on any atom is -0.493 e. The number of nitrogens with one attached hydrogen (secondary N) is 2. The van der Waals surface area contributed by atoms with E-state index in [9.17, 15) is 14.0 Å². The highest BCUT2D eigenvalue weighted by atomic mass is 19.1. The first-order chi connectivity index (χ1) is 18.9. The van der Waals surface area contributed by atoms with E-state index in [-0.39, 0.29) is 11.4 Å². The Morgan fingerprint density at radius 2 is 1.79 bits per heavy atom. The summed E-state index contributed by atoms with van der Waals surface area (Å²) >= 11 is 0. The number of nitrogens with zero attached hydrogens (tertiary/aromatic N) is 2.